The lowest BCUT2D eigenvalue weighted by Crippen LogP contribution is -2.55. The molecule has 1 aromatic carbocycles. The highest BCUT2D eigenvalue weighted by Crippen LogP contribution is 2.34. The van der Waals surface area contributed by atoms with Crippen molar-refractivity contribution in [3.05, 3.63) is 52.0 Å². The quantitative estimate of drug-likeness (QED) is 0.613. The monoisotopic (exact) mass is 475 g/mol. The van der Waals surface area contributed by atoms with Gasteiger partial charge in [-0.2, -0.15) is 0 Å². The van der Waals surface area contributed by atoms with E-state index in [1.54, 1.807) is 33.3 Å². The van der Waals surface area contributed by atoms with Crippen LogP contribution in [-0.4, -0.2) is 53.0 Å². The largest absolute Gasteiger partial charge is 0.491 e. The number of carbonyl (C=O) groups excluding carboxylic acids is 2. The van der Waals surface area contributed by atoms with Crippen LogP contribution in [0, 0.1) is 5.82 Å². The molecule has 0 unspecified atom stereocenters. The summed E-state index contributed by atoms with van der Waals surface area (Å²) in [5, 5.41) is 5.00. The summed E-state index contributed by atoms with van der Waals surface area (Å²) in [6, 6.07) is 7.41. The van der Waals surface area contributed by atoms with Crippen LogP contribution < -0.4 is 10.1 Å². The van der Waals surface area contributed by atoms with Crippen molar-refractivity contribution in [3.63, 3.8) is 0 Å². The summed E-state index contributed by atoms with van der Waals surface area (Å²) in [5.74, 6) is -0.0612. The average molecular weight is 476 g/mol. The Bertz CT molecular complexity index is 972. The summed E-state index contributed by atoms with van der Waals surface area (Å²) in [5.41, 5.74) is 0.661. The van der Waals surface area contributed by atoms with Gasteiger partial charge < -0.3 is 19.9 Å². The zero-order chi connectivity index (χ0) is 24.2. The Morgan fingerprint density at radius 3 is 2.76 bits per heavy atom. The molecule has 2 aromatic rings. The van der Waals surface area contributed by atoms with E-state index in [1.165, 1.54) is 17.0 Å². The molecule has 0 fully saturated rings. The van der Waals surface area contributed by atoms with E-state index in [-0.39, 0.29) is 43.0 Å². The number of hydrogen-bond donors (Lipinski definition) is 1. The second-order valence-corrected chi connectivity index (χ2v) is 10.5. The van der Waals surface area contributed by atoms with Crippen LogP contribution in [0.2, 0.25) is 0 Å². The molecule has 0 bridgehead atoms. The SMILES string of the molecule is CC[C@H](C)N(CC(=O)N1CCc2sccc2[C@H]1COc1cccc(F)c1)C(=O)NC(C)(C)C. The van der Waals surface area contributed by atoms with Gasteiger partial charge in [-0.15, -0.1) is 11.3 Å². The molecule has 2 atom stereocenters. The molecule has 1 aliphatic heterocycles. The molecule has 1 N–H and O–H groups in total. The van der Waals surface area contributed by atoms with E-state index in [0.29, 0.717) is 12.3 Å². The van der Waals surface area contributed by atoms with Crippen molar-refractivity contribution in [1.82, 2.24) is 15.1 Å². The molecule has 0 saturated carbocycles. The van der Waals surface area contributed by atoms with Gasteiger partial charge in [0.2, 0.25) is 5.91 Å². The molecule has 1 aromatic heterocycles. The van der Waals surface area contributed by atoms with E-state index in [9.17, 15) is 14.0 Å². The third-order valence-electron chi connectivity index (χ3n) is 5.79. The van der Waals surface area contributed by atoms with Gasteiger partial charge in [0.15, 0.2) is 0 Å². The minimum Gasteiger partial charge on any atom is -0.491 e. The number of ether oxygens (including phenoxy) is 1. The number of nitrogens with one attached hydrogen (secondary N) is 1. The molecular weight excluding hydrogens is 441 g/mol. The van der Waals surface area contributed by atoms with E-state index in [0.717, 1.165) is 18.4 Å². The topological polar surface area (TPSA) is 61.9 Å². The summed E-state index contributed by atoms with van der Waals surface area (Å²) in [6.07, 6.45) is 1.51. The van der Waals surface area contributed by atoms with Gasteiger partial charge in [0.25, 0.3) is 0 Å². The molecule has 180 valence electrons. The molecule has 0 spiro atoms. The van der Waals surface area contributed by atoms with Crippen LogP contribution in [-0.2, 0) is 11.2 Å². The van der Waals surface area contributed by atoms with Crippen molar-refractivity contribution < 1.29 is 18.7 Å². The standard InChI is InChI=1S/C25H34FN3O3S/c1-6-17(2)29(24(31)27-25(3,4)5)15-23(30)28-12-10-22-20(11-13-33-22)21(28)16-32-19-9-7-8-18(26)14-19/h7-9,11,13-14,17,21H,6,10,12,15-16H2,1-5H3,(H,27,31)/t17-,21+/m0/s1. The van der Waals surface area contributed by atoms with Crippen molar-refractivity contribution in [2.24, 2.45) is 0 Å². The number of amides is 3. The minimum absolute atomic E-state index is 0.00709. The smallest absolute Gasteiger partial charge is 0.318 e. The maximum Gasteiger partial charge on any atom is 0.318 e. The number of rotatable bonds is 7. The number of carbonyl (C=O) groups is 2. The summed E-state index contributed by atoms with van der Waals surface area (Å²) < 4.78 is 19.5. The third kappa shape index (κ3) is 6.47. The van der Waals surface area contributed by atoms with E-state index < -0.39 is 5.54 Å². The lowest BCUT2D eigenvalue weighted by atomic mass is 10.00. The van der Waals surface area contributed by atoms with Crippen molar-refractivity contribution in [1.29, 1.82) is 0 Å². The number of thiophene rings is 1. The van der Waals surface area contributed by atoms with Crippen LogP contribution in [0.15, 0.2) is 35.7 Å². The van der Waals surface area contributed by atoms with Crippen molar-refractivity contribution in [2.75, 3.05) is 19.7 Å². The van der Waals surface area contributed by atoms with E-state index in [1.807, 2.05) is 46.1 Å². The number of urea groups is 1. The summed E-state index contributed by atoms with van der Waals surface area (Å²) in [4.78, 5) is 31.1. The summed E-state index contributed by atoms with van der Waals surface area (Å²) >= 11 is 1.67. The molecule has 6 nitrogen and oxygen atoms in total. The van der Waals surface area contributed by atoms with Crippen LogP contribution in [0.3, 0.4) is 0 Å². The maximum absolute atomic E-state index is 13.6. The molecule has 3 amide bonds. The number of hydrogen-bond acceptors (Lipinski definition) is 4. The van der Waals surface area contributed by atoms with E-state index in [4.69, 9.17) is 4.74 Å². The molecule has 1 aliphatic rings. The Balaban J connectivity index is 1.79. The maximum atomic E-state index is 13.6. The van der Waals surface area contributed by atoms with Gasteiger partial charge in [-0.25, -0.2) is 9.18 Å². The van der Waals surface area contributed by atoms with Crippen molar-refractivity contribution in [3.8, 4) is 5.75 Å². The molecule has 33 heavy (non-hydrogen) atoms. The fourth-order valence-corrected chi connectivity index (χ4v) is 4.81. The minimum atomic E-state index is -0.399. The van der Waals surface area contributed by atoms with Gasteiger partial charge in [-0.3, -0.25) is 4.79 Å². The molecule has 0 aliphatic carbocycles. The Morgan fingerprint density at radius 2 is 2.09 bits per heavy atom. The Hall–Kier alpha value is -2.61. The molecule has 2 heterocycles. The average Bonchev–Trinajstić information content (AvgIpc) is 3.23. The predicted octanol–water partition coefficient (Wildman–Crippen LogP) is 5.00. The third-order valence-corrected chi connectivity index (χ3v) is 6.79. The van der Waals surface area contributed by atoms with Gasteiger partial charge in [-0.05, 0) is 69.7 Å². The summed E-state index contributed by atoms with van der Waals surface area (Å²) in [6.45, 7) is 10.5. The van der Waals surface area contributed by atoms with Crippen LogP contribution in [0.5, 0.6) is 5.75 Å². The number of nitrogens with zero attached hydrogens (tertiary/aromatic N) is 2. The van der Waals surface area contributed by atoms with Gasteiger partial charge in [0.1, 0.15) is 24.7 Å². The van der Waals surface area contributed by atoms with Crippen LogP contribution >= 0.6 is 11.3 Å². The van der Waals surface area contributed by atoms with Crippen molar-refractivity contribution in [2.45, 2.75) is 65.1 Å². The first-order valence-electron chi connectivity index (χ1n) is 11.4. The molecule has 0 saturated heterocycles. The number of halogens is 1. The van der Waals surface area contributed by atoms with E-state index in [2.05, 4.69) is 5.32 Å². The highest BCUT2D eigenvalue weighted by Gasteiger charge is 2.34. The lowest BCUT2D eigenvalue weighted by Gasteiger charge is -2.38. The Morgan fingerprint density at radius 1 is 1.33 bits per heavy atom. The van der Waals surface area contributed by atoms with Gasteiger partial charge in [0, 0.05) is 29.1 Å². The normalized spacial score (nSPS) is 16.7. The fourth-order valence-electron chi connectivity index (χ4n) is 3.88. The molecule has 8 heteroatoms. The number of benzene rings is 1. The van der Waals surface area contributed by atoms with Gasteiger partial charge in [-0.1, -0.05) is 13.0 Å². The lowest BCUT2D eigenvalue weighted by molar-refractivity contribution is -0.136. The first-order chi connectivity index (χ1) is 15.6. The van der Waals surface area contributed by atoms with Gasteiger partial charge in [0.05, 0.1) is 6.04 Å². The Labute approximate surface area is 199 Å². The molecule has 0 radical (unpaired) electrons. The number of fused-ring (bicyclic) bond motifs is 1. The zero-order valence-electron chi connectivity index (χ0n) is 20.1. The highest BCUT2D eigenvalue weighted by molar-refractivity contribution is 7.10. The highest BCUT2D eigenvalue weighted by atomic mass is 32.1. The first-order valence-corrected chi connectivity index (χ1v) is 12.3. The first kappa shape index (κ1) is 25.0. The fraction of sp³-hybridized carbons (Fsp3) is 0.520. The second-order valence-electron chi connectivity index (χ2n) is 9.49. The van der Waals surface area contributed by atoms with Crippen LogP contribution in [0.4, 0.5) is 9.18 Å². The Kier molecular flexibility index (Phi) is 8.00. The van der Waals surface area contributed by atoms with Crippen LogP contribution in [0.1, 0.15) is 57.5 Å². The van der Waals surface area contributed by atoms with Crippen LogP contribution in [0.25, 0.3) is 0 Å². The predicted molar refractivity (Wildman–Crippen MR) is 129 cm³/mol. The second kappa shape index (κ2) is 10.5. The van der Waals surface area contributed by atoms with Crippen molar-refractivity contribution >= 4 is 23.3 Å². The van der Waals surface area contributed by atoms with E-state index >= 15 is 0 Å². The molecular formula is C25H34FN3O3S. The summed E-state index contributed by atoms with van der Waals surface area (Å²) in [7, 11) is 0. The zero-order valence-corrected chi connectivity index (χ0v) is 20.9. The van der Waals surface area contributed by atoms with Gasteiger partial charge >= 0.3 is 6.03 Å². The molecule has 3 rings (SSSR count).